The molecule has 3 aliphatic rings. The van der Waals surface area contributed by atoms with Gasteiger partial charge in [0.05, 0.1) is 17.8 Å². The van der Waals surface area contributed by atoms with Crippen molar-refractivity contribution in [3.8, 4) is 5.75 Å². The number of ether oxygens (including phenoxy) is 1. The Hall–Kier alpha value is -2.08. The van der Waals surface area contributed by atoms with Gasteiger partial charge in [-0.05, 0) is 44.8 Å². The summed E-state index contributed by atoms with van der Waals surface area (Å²) in [5, 5.41) is 12.5. The van der Waals surface area contributed by atoms with Crippen LogP contribution in [-0.4, -0.2) is 35.4 Å². The highest BCUT2D eigenvalue weighted by Gasteiger charge is 2.57. The SMILES string of the molecule is CC(C)(NC(=O)[C@H]1[C@@H]2CNC[C@@H]21)c1nn2c3c(cccc13)OCC2. The molecule has 2 fully saturated rings. The number of amides is 1. The van der Waals surface area contributed by atoms with Gasteiger partial charge >= 0.3 is 0 Å². The fourth-order valence-electron chi connectivity index (χ4n) is 4.44. The summed E-state index contributed by atoms with van der Waals surface area (Å²) >= 11 is 0. The zero-order valence-corrected chi connectivity index (χ0v) is 14.0. The maximum atomic E-state index is 12.7. The van der Waals surface area contributed by atoms with Crippen LogP contribution in [0, 0.1) is 17.8 Å². The fraction of sp³-hybridized carbons (Fsp3) is 0.556. The normalized spacial score (nSPS) is 27.7. The van der Waals surface area contributed by atoms with Crippen molar-refractivity contribution in [3.05, 3.63) is 23.9 Å². The van der Waals surface area contributed by atoms with E-state index in [1.54, 1.807) is 0 Å². The molecule has 0 radical (unpaired) electrons. The molecular weight excluding hydrogens is 304 g/mol. The number of fused-ring (bicyclic) bond motifs is 1. The summed E-state index contributed by atoms with van der Waals surface area (Å²) in [6.07, 6.45) is 0. The molecule has 2 aromatic rings. The van der Waals surface area contributed by atoms with Gasteiger partial charge in [0.25, 0.3) is 0 Å². The number of hydrogen-bond acceptors (Lipinski definition) is 4. The number of carbonyl (C=O) groups excluding carboxylic acids is 1. The van der Waals surface area contributed by atoms with Gasteiger partial charge in [0.1, 0.15) is 17.9 Å². The summed E-state index contributed by atoms with van der Waals surface area (Å²) in [4.78, 5) is 12.7. The Morgan fingerprint density at radius 3 is 2.96 bits per heavy atom. The zero-order valence-electron chi connectivity index (χ0n) is 14.0. The van der Waals surface area contributed by atoms with Gasteiger partial charge in [-0.25, -0.2) is 0 Å². The highest BCUT2D eigenvalue weighted by atomic mass is 16.5. The van der Waals surface area contributed by atoms with Gasteiger partial charge < -0.3 is 15.4 Å². The smallest absolute Gasteiger partial charge is 0.224 e. The molecule has 0 unspecified atom stereocenters. The Balaban J connectivity index is 1.48. The Bertz CT molecular complexity index is 831. The molecule has 1 amide bonds. The minimum absolute atomic E-state index is 0.168. The van der Waals surface area contributed by atoms with E-state index in [-0.39, 0.29) is 11.8 Å². The van der Waals surface area contributed by atoms with Gasteiger partial charge in [-0.2, -0.15) is 5.10 Å². The molecule has 2 N–H and O–H groups in total. The van der Waals surface area contributed by atoms with Gasteiger partial charge in [-0.15, -0.1) is 0 Å². The lowest BCUT2D eigenvalue weighted by atomic mass is 9.96. The minimum Gasteiger partial charge on any atom is -0.489 e. The van der Waals surface area contributed by atoms with Crippen molar-refractivity contribution in [2.45, 2.75) is 25.9 Å². The predicted octanol–water partition coefficient (Wildman–Crippen LogP) is 1.25. The number of para-hydroxylation sites is 1. The molecule has 2 aliphatic heterocycles. The molecule has 3 heterocycles. The van der Waals surface area contributed by atoms with Crippen LogP contribution in [0.4, 0.5) is 0 Å². The molecule has 1 aromatic carbocycles. The number of rotatable bonds is 3. The van der Waals surface area contributed by atoms with Crippen LogP contribution in [-0.2, 0) is 16.9 Å². The molecule has 1 aromatic heterocycles. The first kappa shape index (κ1) is 14.3. The molecule has 0 bridgehead atoms. The Kier molecular flexibility index (Phi) is 2.81. The molecule has 126 valence electrons. The molecule has 1 saturated carbocycles. The Morgan fingerprint density at radius 1 is 1.38 bits per heavy atom. The van der Waals surface area contributed by atoms with E-state index < -0.39 is 5.54 Å². The third-order valence-corrected chi connectivity index (χ3v) is 5.72. The Morgan fingerprint density at radius 2 is 2.17 bits per heavy atom. The summed E-state index contributed by atoms with van der Waals surface area (Å²) in [6.45, 7) is 7.41. The van der Waals surface area contributed by atoms with Crippen LogP contribution in [0.15, 0.2) is 18.2 Å². The number of benzene rings is 1. The summed E-state index contributed by atoms with van der Waals surface area (Å²) in [5.41, 5.74) is 1.45. The van der Waals surface area contributed by atoms with E-state index in [1.807, 2.05) is 30.7 Å². The van der Waals surface area contributed by atoms with E-state index >= 15 is 0 Å². The number of hydrogen-bond donors (Lipinski definition) is 2. The molecular formula is C18H22N4O2. The highest BCUT2D eigenvalue weighted by molar-refractivity contribution is 5.90. The van der Waals surface area contributed by atoms with Crippen molar-refractivity contribution < 1.29 is 9.53 Å². The quantitative estimate of drug-likeness (QED) is 0.891. The van der Waals surface area contributed by atoms with E-state index in [0.29, 0.717) is 18.4 Å². The first-order chi connectivity index (χ1) is 11.6. The van der Waals surface area contributed by atoms with Crippen LogP contribution in [0.25, 0.3) is 10.9 Å². The predicted molar refractivity (Wildman–Crippen MR) is 89.7 cm³/mol. The van der Waals surface area contributed by atoms with Crippen LogP contribution in [0.1, 0.15) is 19.5 Å². The van der Waals surface area contributed by atoms with Crippen molar-refractivity contribution in [2.75, 3.05) is 19.7 Å². The number of piperidine rings is 1. The highest BCUT2D eigenvalue weighted by Crippen LogP contribution is 2.49. The van der Waals surface area contributed by atoms with E-state index in [0.717, 1.165) is 42.0 Å². The lowest BCUT2D eigenvalue weighted by Crippen LogP contribution is -2.43. The summed E-state index contributed by atoms with van der Waals surface area (Å²) in [6, 6.07) is 6.04. The lowest BCUT2D eigenvalue weighted by Gasteiger charge is -2.25. The van der Waals surface area contributed by atoms with Gasteiger partial charge in [0.2, 0.25) is 5.91 Å². The maximum Gasteiger partial charge on any atom is 0.224 e. The molecule has 1 aliphatic carbocycles. The summed E-state index contributed by atoms with van der Waals surface area (Å²) in [5.74, 6) is 2.27. The third kappa shape index (κ3) is 1.92. The molecule has 3 atom stereocenters. The van der Waals surface area contributed by atoms with Gasteiger partial charge in [0.15, 0.2) is 0 Å². The summed E-state index contributed by atoms with van der Waals surface area (Å²) < 4.78 is 7.75. The molecule has 6 heteroatoms. The fourth-order valence-corrected chi connectivity index (χ4v) is 4.44. The first-order valence-corrected chi connectivity index (χ1v) is 8.72. The molecule has 1 saturated heterocycles. The van der Waals surface area contributed by atoms with Crippen molar-refractivity contribution in [1.29, 1.82) is 0 Å². The number of nitrogens with zero attached hydrogens (tertiary/aromatic N) is 2. The van der Waals surface area contributed by atoms with Crippen molar-refractivity contribution in [2.24, 2.45) is 17.8 Å². The van der Waals surface area contributed by atoms with E-state index in [1.165, 1.54) is 0 Å². The van der Waals surface area contributed by atoms with E-state index in [9.17, 15) is 4.79 Å². The van der Waals surface area contributed by atoms with Crippen molar-refractivity contribution in [3.63, 3.8) is 0 Å². The minimum atomic E-state index is -0.506. The van der Waals surface area contributed by atoms with Crippen molar-refractivity contribution in [1.82, 2.24) is 20.4 Å². The standard InChI is InChI=1S/C18H22N4O2/c1-18(2,20-17(23)14-11-8-19-9-12(11)14)16-10-4-3-5-13-15(10)22(21-16)6-7-24-13/h3-5,11-12,14,19H,6-9H2,1-2H3,(H,20,23)/t11-,12+,14+. The number of aromatic nitrogens is 2. The van der Waals surface area contributed by atoms with Gasteiger partial charge in [-0.3, -0.25) is 9.48 Å². The van der Waals surface area contributed by atoms with Gasteiger partial charge in [-0.1, -0.05) is 12.1 Å². The van der Waals surface area contributed by atoms with Crippen LogP contribution >= 0.6 is 0 Å². The van der Waals surface area contributed by atoms with E-state index in [2.05, 4.69) is 16.7 Å². The van der Waals surface area contributed by atoms with Crippen LogP contribution in [0.2, 0.25) is 0 Å². The molecule has 5 rings (SSSR count). The third-order valence-electron chi connectivity index (χ3n) is 5.72. The van der Waals surface area contributed by atoms with Crippen molar-refractivity contribution >= 4 is 16.8 Å². The largest absolute Gasteiger partial charge is 0.489 e. The number of nitrogens with one attached hydrogen (secondary N) is 2. The van der Waals surface area contributed by atoms with Gasteiger partial charge in [0, 0.05) is 11.3 Å². The summed E-state index contributed by atoms with van der Waals surface area (Å²) in [7, 11) is 0. The average molecular weight is 326 g/mol. The van der Waals surface area contributed by atoms with Crippen LogP contribution in [0.3, 0.4) is 0 Å². The molecule has 24 heavy (non-hydrogen) atoms. The second-order valence-electron chi connectivity index (χ2n) is 7.70. The number of carbonyl (C=O) groups is 1. The van der Waals surface area contributed by atoms with Crippen LogP contribution in [0.5, 0.6) is 5.75 Å². The zero-order chi connectivity index (χ0) is 16.5. The lowest BCUT2D eigenvalue weighted by molar-refractivity contribution is -0.124. The average Bonchev–Trinajstić information content (AvgIpc) is 2.90. The maximum absolute atomic E-state index is 12.7. The topological polar surface area (TPSA) is 68.2 Å². The molecule has 0 spiro atoms. The molecule has 6 nitrogen and oxygen atoms in total. The van der Waals surface area contributed by atoms with Crippen LogP contribution < -0.4 is 15.4 Å². The second-order valence-corrected chi connectivity index (χ2v) is 7.70. The first-order valence-electron chi connectivity index (χ1n) is 8.72. The Labute approximate surface area is 140 Å². The monoisotopic (exact) mass is 326 g/mol. The van der Waals surface area contributed by atoms with E-state index in [4.69, 9.17) is 9.84 Å². The second kappa shape index (κ2) is 4.72.